The van der Waals surface area contributed by atoms with Gasteiger partial charge in [0.25, 0.3) is 17.4 Å². The fourth-order valence-corrected chi connectivity index (χ4v) is 3.29. The smallest absolute Gasteiger partial charge is 0.407 e. The molecule has 5 amide bonds. The van der Waals surface area contributed by atoms with Crippen LogP contribution in [0.3, 0.4) is 0 Å². The summed E-state index contributed by atoms with van der Waals surface area (Å²) in [6, 6.07) is 12.6. The number of ether oxygens (including phenoxy) is 4. The van der Waals surface area contributed by atoms with Gasteiger partial charge in [-0.05, 0) is 62.7 Å². The number of carbonyl (C=O) groups is 4. The quantitative estimate of drug-likeness (QED) is 0.316. The van der Waals surface area contributed by atoms with Crippen LogP contribution >= 0.6 is 0 Å². The number of benzene rings is 2. The molecule has 11 nitrogen and oxygen atoms in total. The number of alkyl carbamates (subject to hydrolysis) is 1. The number of nitrogens with one attached hydrogen (secondary N) is 3. The maximum absolute atomic E-state index is 12.6. The SMILES string of the molecule is CCOCCC1(Oc2ccc(Oc3ccc(CNC(=O)OC(C)C)cc3)cc2)C(=O)NC(=O)NC1=O. The van der Waals surface area contributed by atoms with E-state index in [9.17, 15) is 19.2 Å². The van der Waals surface area contributed by atoms with Gasteiger partial charge in [-0.3, -0.25) is 20.2 Å². The molecule has 11 heteroatoms. The molecule has 2 aromatic carbocycles. The minimum Gasteiger partial charge on any atom is -0.467 e. The topological polar surface area (TPSA) is 141 Å². The molecule has 36 heavy (non-hydrogen) atoms. The molecule has 1 aliphatic rings. The highest BCUT2D eigenvalue weighted by Gasteiger charge is 2.52. The number of imide groups is 2. The van der Waals surface area contributed by atoms with Gasteiger partial charge in [-0.25, -0.2) is 9.59 Å². The van der Waals surface area contributed by atoms with E-state index in [2.05, 4.69) is 16.0 Å². The van der Waals surface area contributed by atoms with Gasteiger partial charge in [-0.2, -0.15) is 0 Å². The molecule has 1 saturated heterocycles. The van der Waals surface area contributed by atoms with Gasteiger partial charge in [0, 0.05) is 19.6 Å². The van der Waals surface area contributed by atoms with E-state index in [0.717, 1.165) is 5.56 Å². The van der Waals surface area contributed by atoms with Crippen LogP contribution in [0.2, 0.25) is 0 Å². The highest BCUT2D eigenvalue weighted by atomic mass is 16.6. The monoisotopic (exact) mass is 499 g/mol. The summed E-state index contributed by atoms with van der Waals surface area (Å²) in [6.07, 6.45) is -0.762. The van der Waals surface area contributed by atoms with Gasteiger partial charge in [0.1, 0.15) is 17.2 Å². The lowest BCUT2D eigenvalue weighted by Gasteiger charge is -2.34. The molecule has 3 N–H and O–H groups in total. The lowest BCUT2D eigenvalue weighted by molar-refractivity contribution is -0.153. The Morgan fingerprint density at radius 2 is 1.47 bits per heavy atom. The number of carbonyl (C=O) groups excluding carboxylic acids is 4. The zero-order valence-corrected chi connectivity index (χ0v) is 20.3. The van der Waals surface area contributed by atoms with Crippen LogP contribution in [-0.4, -0.2) is 48.9 Å². The molecule has 0 radical (unpaired) electrons. The first kappa shape index (κ1) is 26.5. The molecule has 0 unspecified atom stereocenters. The zero-order chi connectivity index (χ0) is 26.1. The van der Waals surface area contributed by atoms with Crippen LogP contribution in [0.4, 0.5) is 9.59 Å². The van der Waals surface area contributed by atoms with Crippen LogP contribution < -0.4 is 25.4 Å². The van der Waals surface area contributed by atoms with Crippen molar-refractivity contribution in [3.63, 3.8) is 0 Å². The molecule has 0 bridgehead atoms. The molecule has 1 fully saturated rings. The highest BCUT2D eigenvalue weighted by Crippen LogP contribution is 2.28. The third-order valence-corrected chi connectivity index (χ3v) is 5.04. The predicted octanol–water partition coefficient (Wildman–Crippen LogP) is 3.02. The van der Waals surface area contributed by atoms with E-state index < -0.39 is 29.5 Å². The van der Waals surface area contributed by atoms with Gasteiger partial charge in [0.05, 0.1) is 12.7 Å². The summed E-state index contributed by atoms with van der Waals surface area (Å²) in [7, 11) is 0. The second-order valence-electron chi connectivity index (χ2n) is 8.14. The fourth-order valence-electron chi connectivity index (χ4n) is 3.29. The lowest BCUT2D eigenvalue weighted by Crippen LogP contribution is -2.69. The molecular weight excluding hydrogens is 470 g/mol. The average molecular weight is 500 g/mol. The highest BCUT2D eigenvalue weighted by molar-refractivity contribution is 6.21. The van der Waals surface area contributed by atoms with E-state index in [4.69, 9.17) is 18.9 Å². The maximum Gasteiger partial charge on any atom is 0.407 e. The van der Waals surface area contributed by atoms with Crippen molar-refractivity contribution in [1.82, 2.24) is 16.0 Å². The van der Waals surface area contributed by atoms with Crippen LogP contribution in [-0.2, 0) is 25.6 Å². The van der Waals surface area contributed by atoms with Crippen molar-refractivity contribution in [1.29, 1.82) is 0 Å². The Balaban J connectivity index is 1.62. The van der Waals surface area contributed by atoms with Gasteiger partial charge in [0.15, 0.2) is 0 Å². The number of hydrogen-bond acceptors (Lipinski definition) is 8. The van der Waals surface area contributed by atoms with E-state index in [1.165, 1.54) is 0 Å². The lowest BCUT2D eigenvalue weighted by atomic mass is 9.95. The van der Waals surface area contributed by atoms with E-state index >= 15 is 0 Å². The van der Waals surface area contributed by atoms with Crippen molar-refractivity contribution in [2.24, 2.45) is 0 Å². The molecule has 1 heterocycles. The number of amides is 5. The van der Waals surface area contributed by atoms with E-state index in [0.29, 0.717) is 24.7 Å². The number of urea groups is 1. The number of rotatable bonds is 11. The summed E-state index contributed by atoms with van der Waals surface area (Å²) in [5, 5.41) is 6.82. The van der Waals surface area contributed by atoms with Gasteiger partial charge in [-0.15, -0.1) is 0 Å². The van der Waals surface area contributed by atoms with Crippen molar-refractivity contribution >= 4 is 23.9 Å². The minimum atomic E-state index is -1.95. The molecule has 1 aliphatic heterocycles. The van der Waals surface area contributed by atoms with Crippen molar-refractivity contribution in [2.45, 2.75) is 45.4 Å². The fraction of sp³-hybridized carbons (Fsp3) is 0.360. The summed E-state index contributed by atoms with van der Waals surface area (Å²) in [6.45, 7) is 6.12. The zero-order valence-electron chi connectivity index (χ0n) is 20.3. The van der Waals surface area contributed by atoms with Gasteiger partial charge < -0.3 is 24.3 Å². The summed E-state index contributed by atoms with van der Waals surface area (Å²) in [4.78, 5) is 48.2. The van der Waals surface area contributed by atoms with Crippen molar-refractivity contribution in [3.05, 3.63) is 54.1 Å². The van der Waals surface area contributed by atoms with Crippen LogP contribution in [0.25, 0.3) is 0 Å². The molecule has 3 rings (SSSR count). The van der Waals surface area contributed by atoms with E-state index in [1.54, 1.807) is 57.2 Å². The number of barbiturate groups is 1. The Bertz CT molecular complexity index is 1060. The molecule has 0 spiro atoms. The standard InChI is InChI=1S/C25H29N3O8/c1-4-33-14-13-25(21(29)27-23(31)28-22(25)30)36-20-11-9-19(10-12-20)35-18-7-5-17(6-8-18)15-26-24(32)34-16(2)3/h5-12,16H,4,13-15H2,1-3H3,(H,26,32)(H2,27,28,29,30,31). The van der Waals surface area contributed by atoms with Crippen molar-refractivity contribution in [3.8, 4) is 17.2 Å². The molecule has 0 saturated carbocycles. The molecule has 0 aromatic heterocycles. The third-order valence-electron chi connectivity index (χ3n) is 5.04. The maximum atomic E-state index is 12.6. The Hall–Kier alpha value is -4.12. The summed E-state index contributed by atoms with van der Waals surface area (Å²) in [5.74, 6) is -0.431. The first-order valence-electron chi connectivity index (χ1n) is 11.5. The van der Waals surface area contributed by atoms with E-state index in [-0.39, 0.29) is 24.9 Å². The summed E-state index contributed by atoms with van der Waals surface area (Å²) < 4.78 is 21.9. The third kappa shape index (κ3) is 6.95. The largest absolute Gasteiger partial charge is 0.467 e. The summed E-state index contributed by atoms with van der Waals surface area (Å²) >= 11 is 0. The Morgan fingerprint density at radius 3 is 2.03 bits per heavy atom. The van der Waals surface area contributed by atoms with Crippen molar-refractivity contribution < 1.29 is 38.1 Å². The Kier molecular flexibility index (Phi) is 8.85. The van der Waals surface area contributed by atoms with Crippen LogP contribution in [0.5, 0.6) is 17.2 Å². The molecule has 0 atom stereocenters. The second kappa shape index (κ2) is 12.0. The molecule has 2 aromatic rings. The van der Waals surface area contributed by atoms with E-state index in [1.807, 2.05) is 12.1 Å². The Morgan fingerprint density at radius 1 is 0.917 bits per heavy atom. The molecular formula is C25H29N3O8. The first-order valence-corrected chi connectivity index (χ1v) is 11.5. The van der Waals surface area contributed by atoms with Crippen LogP contribution in [0.1, 0.15) is 32.8 Å². The molecule has 0 aliphatic carbocycles. The Labute approximate surface area is 208 Å². The normalized spacial score (nSPS) is 14.6. The van der Waals surface area contributed by atoms with Gasteiger partial charge in [0.2, 0.25) is 0 Å². The predicted molar refractivity (Wildman–Crippen MR) is 128 cm³/mol. The number of hydrogen-bond donors (Lipinski definition) is 3. The minimum absolute atomic E-state index is 0.0805. The van der Waals surface area contributed by atoms with Gasteiger partial charge in [-0.1, -0.05) is 12.1 Å². The van der Waals surface area contributed by atoms with Gasteiger partial charge >= 0.3 is 12.1 Å². The summed E-state index contributed by atoms with van der Waals surface area (Å²) in [5.41, 5.74) is -1.08. The van der Waals surface area contributed by atoms with Crippen LogP contribution in [0, 0.1) is 0 Å². The molecule has 192 valence electrons. The second-order valence-corrected chi connectivity index (χ2v) is 8.14. The van der Waals surface area contributed by atoms with Crippen LogP contribution in [0.15, 0.2) is 48.5 Å². The first-order chi connectivity index (χ1) is 17.2. The average Bonchev–Trinajstić information content (AvgIpc) is 2.83. The van der Waals surface area contributed by atoms with Crippen molar-refractivity contribution in [2.75, 3.05) is 13.2 Å².